The highest BCUT2D eigenvalue weighted by molar-refractivity contribution is 7.99. The van der Waals surface area contributed by atoms with E-state index in [1.165, 1.54) is 10.8 Å². The second-order valence-corrected chi connectivity index (χ2v) is 7.15. The van der Waals surface area contributed by atoms with Crippen LogP contribution in [0.2, 0.25) is 0 Å². The molecule has 1 atom stereocenters. The summed E-state index contributed by atoms with van der Waals surface area (Å²) in [4.78, 5) is 20.9. The van der Waals surface area contributed by atoms with Crippen LogP contribution in [0.4, 0.5) is 0 Å². The van der Waals surface area contributed by atoms with Gasteiger partial charge in [-0.25, -0.2) is 4.98 Å². The van der Waals surface area contributed by atoms with Gasteiger partial charge in [0.2, 0.25) is 0 Å². The molecule has 0 amide bonds. The van der Waals surface area contributed by atoms with Gasteiger partial charge in [-0.15, -0.1) is 11.8 Å². The van der Waals surface area contributed by atoms with Gasteiger partial charge < -0.3 is 4.98 Å². The summed E-state index contributed by atoms with van der Waals surface area (Å²) in [7, 11) is 0. The van der Waals surface area contributed by atoms with Crippen molar-refractivity contribution in [1.82, 2.24) is 9.97 Å². The van der Waals surface area contributed by atoms with Crippen molar-refractivity contribution in [2.24, 2.45) is 0 Å². The van der Waals surface area contributed by atoms with E-state index in [1.54, 1.807) is 17.8 Å². The highest BCUT2D eigenvalue weighted by Crippen LogP contribution is 2.34. The van der Waals surface area contributed by atoms with Crippen molar-refractivity contribution in [2.75, 3.05) is 0 Å². The van der Waals surface area contributed by atoms with Crippen LogP contribution in [0.1, 0.15) is 18.0 Å². The summed E-state index contributed by atoms with van der Waals surface area (Å²) in [5.41, 5.74) is 0.656. The number of nitrogens with zero attached hydrogens (tertiary/aromatic N) is 1. The van der Waals surface area contributed by atoms with E-state index in [0.29, 0.717) is 11.2 Å². The lowest BCUT2D eigenvalue weighted by Gasteiger charge is -2.12. The molecule has 4 rings (SSSR count). The fraction of sp³-hybridized carbons (Fsp3) is 0.100. The van der Waals surface area contributed by atoms with Crippen LogP contribution in [0.15, 0.2) is 76.4 Å². The first-order valence-electron chi connectivity index (χ1n) is 7.85. The summed E-state index contributed by atoms with van der Waals surface area (Å²) in [6.45, 7) is 2.06. The number of fused-ring (bicyclic) bond motifs is 2. The van der Waals surface area contributed by atoms with E-state index >= 15 is 0 Å². The molecule has 0 saturated heterocycles. The predicted molar refractivity (Wildman–Crippen MR) is 101 cm³/mol. The minimum Gasteiger partial charge on any atom is -0.309 e. The van der Waals surface area contributed by atoms with Crippen LogP contribution >= 0.6 is 11.8 Å². The Hall–Kier alpha value is -2.59. The number of rotatable bonds is 3. The Labute approximate surface area is 143 Å². The summed E-state index contributed by atoms with van der Waals surface area (Å²) >= 11 is 1.70. The van der Waals surface area contributed by atoms with E-state index in [0.717, 1.165) is 10.4 Å². The van der Waals surface area contributed by atoms with Gasteiger partial charge in [-0.05, 0) is 42.0 Å². The number of aromatic amines is 1. The number of hydrogen-bond acceptors (Lipinski definition) is 3. The Kier molecular flexibility index (Phi) is 3.82. The van der Waals surface area contributed by atoms with E-state index in [4.69, 9.17) is 0 Å². The molecule has 1 heterocycles. The summed E-state index contributed by atoms with van der Waals surface area (Å²) < 4.78 is 0. The van der Waals surface area contributed by atoms with E-state index in [-0.39, 0.29) is 10.8 Å². The first kappa shape index (κ1) is 15.0. The quantitative estimate of drug-likeness (QED) is 0.541. The highest BCUT2D eigenvalue weighted by Gasteiger charge is 2.12. The van der Waals surface area contributed by atoms with Gasteiger partial charge in [-0.1, -0.05) is 42.5 Å². The van der Waals surface area contributed by atoms with Crippen molar-refractivity contribution in [3.05, 3.63) is 82.9 Å². The second-order valence-electron chi connectivity index (χ2n) is 5.74. The van der Waals surface area contributed by atoms with Crippen LogP contribution in [0, 0.1) is 0 Å². The van der Waals surface area contributed by atoms with Crippen LogP contribution in [0.25, 0.3) is 21.7 Å². The molecule has 0 spiro atoms. The molecular formula is C20H16N2OS. The minimum atomic E-state index is -0.0819. The lowest BCUT2D eigenvalue weighted by atomic mass is 10.1. The summed E-state index contributed by atoms with van der Waals surface area (Å²) in [5, 5.41) is 3.13. The predicted octanol–water partition coefficient (Wildman–Crippen LogP) is 4.93. The molecule has 1 aromatic heterocycles. The lowest BCUT2D eigenvalue weighted by Crippen LogP contribution is -2.12. The second kappa shape index (κ2) is 6.13. The van der Waals surface area contributed by atoms with Crippen LogP contribution in [-0.4, -0.2) is 9.97 Å². The van der Waals surface area contributed by atoms with Crippen molar-refractivity contribution in [3.63, 3.8) is 0 Å². The monoisotopic (exact) mass is 332 g/mol. The third-order valence-electron chi connectivity index (χ3n) is 4.05. The van der Waals surface area contributed by atoms with Gasteiger partial charge >= 0.3 is 0 Å². The molecule has 0 aliphatic rings. The maximum atomic E-state index is 12.2. The zero-order valence-corrected chi connectivity index (χ0v) is 14.0. The van der Waals surface area contributed by atoms with E-state index in [1.807, 2.05) is 30.3 Å². The van der Waals surface area contributed by atoms with Crippen LogP contribution in [0.5, 0.6) is 0 Å². The Bertz CT molecular complexity index is 1090. The van der Waals surface area contributed by atoms with Crippen LogP contribution in [-0.2, 0) is 0 Å². The van der Waals surface area contributed by atoms with E-state index in [9.17, 15) is 4.79 Å². The maximum absolute atomic E-state index is 12.2. The molecule has 1 N–H and O–H groups in total. The number of para-hydroxylation sites is 1. The van der Waals surface area contributed by atoms with Crippen molar-refractivity contribution >= 4 is 33.4 Å². The molecule has 4 heteroatoms. The molecule has 0 fully saturated rings. The first-order chi connectivity index (χ1) is 11.7. The Morgan fingerprint density at radius 3 is 2.58 bits per heavy atom. The SMILES string of the molecule is C[C@@H](Sc1ccc2ccccc2c1)c1nc2ccccc2c(=O)[nH]1. The number of benzene rings is 3. The number of aromatic nitrogens is 2. The molecule has 0 aliphatic carbocycles. The Morgan fingerprint density at radius 1 is 0.958 bits per heavy atom. The third kappa shape index (κ3) is 2.81. The van der Waals surface area contributed by atoms with E-state index < -0.39 is 0 Å². The van der Waals surface area contributed by atoms with E-state index in [2.05, 4.69) is 47.2 Å². The first-order valence-corrected chi connectivity index (χ1v) is 8.73. The zero-order chi connectivity index (χ0) is 16.5. The summed E-state index contributed by atoms with van der Waals surface area (Å²) in [5.74, 6) is 0.705. The lowest BCUT2D eigenvalue weighted by molar-refractivity contribution is 0.923. The summed E-state index contributed by atoms with van der Waals surface area (Å²) in [6.07, 6.45) is 0. The fourth-order valence-electron chi connectivity index (χ4n) is 2.80. The molecule has 4 aromatic rings. The molecule has 118 valence electrons. The van der Waals surface area contributed by atoms with Gasteiger partial charge in [0, 0.05) is 4.90 Å². The number of nitrogens with one attached hydrogen (secondary N) is 1. The highest BCUT2D eigenvalue weighted by atomic mass is 32.2. The van der Waals surface area contributed by atoms with Gasteiger partial charge in [0.05, 0.1) is 16.2 Å². The number of hydrogen-bond donors (Lipinski definition) is 1. The third-order valence-corrected chi connectivity index (χ3v) is 5.15. The topological polar surface area (TPSA) is 45.8 Å². The molecule has 24 heavy (non-hydrogen) atoms. The molecule has 0 unspecified atom stereocenters. The molecular weight excluding hydrogens is 316 g/mol. The van der Waals surface area contributed by atoms with Gasteiger partial charge in [0.15, 0.2) is 0 Å². The molecule has 0 bridgehead atoms. The van der Waals surface area contributed by atoms with Gasteiger partial charge in [0.25, 0.3) is 5.56 Å². The Morgan fingerprint density at radius 2 is 1.71 bits per heavy atom. The zero-order valence-electron chi connectivity index (χ0n) is 13.2. The smallest absolute Gasteiger partial charge is 0.258 e. The molecule has 0 aliphatic heterocycles. The van der Waals surface area contributed by atoms with Crippen molar-refractivity contribution in [2.45, 2.75) is 17.1 Å². The molecule has 3 nitrogen and oxygen atoms in total. The maximum Gasteiger partial charge on any atom is 0.258 e. The van der Waals surface area contributed by atoms with Crippen molar-refractivity contribution in [3.8, 4) is 0 Å². The minimum absolute atomic E-state index is 0.0588. The van der Waals surface area contributed by atoms with Crippen molar-refractivity contribution < 1.29 is 0 Å². The number of H-pyrrole nitrogens is 1. The molecule has 3 aromatic carbocycles. The Balaban J connectivity index is 1.67. The molecule has 0 radical (unpaired) electrons. The molecule has 0 saturated carbocycles. The average molecular weight is 332 g/mol. The normalized spacial score (nSPS) is 12.5. The van der Waals surface area contributed by atoms with Gasteiger partial charge in [0.1, 0.15) is 5.82 Å². The largest absolute Gasteiger partial charge is 0.309 e. The van der Waals surface area contributed by atoms with Crippen LogP contribution < -0.4 is 5.56 Å². The van der Waals surface area contributed by atoms with Crippen LogP contribution in [0.3, 0.4) is 0 Å². The fourth-order valence-corrected chi connectivity index (χ4v) is 3.77. The summed E-state index contributed by atoms with van der Waals surface area (Å²) in [6, 6.07) is 22.2. The standard InChI is InChI=1S/C20H16N2OS/c1-13(19-21-18-9-5-4-8-17(18)20(23)22-19)24-16-11-10-14-6-2-3-7-15(14)12-16/h2-13H,1H3,(H,21,22,23)/t13-/m1/s1. The van der Waals surface area contributed by atoms with Gasteiger partial charge in [-0.2, -0.15) is 0 Å². The average Bonchev–Trinajstić information content (AvgIpc) is 2.61. The van der Waals surface area contributed by atoms with Gasteiger partial charge in [-0.3, -0.25) is 4.79 Å². The number of thioether (sulfide) groups is 1. The van der Waals surface area contributed by atoms with Crippen molar-refractivity contribution in [1.29, 1.82) is 0 Å².